The molecule has 5 heteroatoms. The van der Waals surface area contributed by atoms with Crippen LogP contribution in [-0.4, -0.2) is 29.5 Å². The van der Waals surface area contributed by atoms with E-state index in [0.717, 1.165) is 30.8 Å². The van der Waals surface area contributed by atoms with E-state index >= 15 is 0 Å². The van der Waals surface area contributed by atoms with Crippen LogP contribution in [0.2, 0.25) is 0 Å². The van der Waals surface area contributed by atoms with Gasteiger partial charge in [0, 0.05) is 19.7 Å². The van der Waals surface area contributed by atoms with E-state index in [2.05, 4.69) is 10.4 Å². The number of aryl methyl sites for hydroxylation is 1. The minimum atomic E-state index is -0.0722. The Hall–Kier alpha value is -1.36. The normalized spacial score (nSPS) is 16.4. The summed E-state index contributed by atoms with van der Waals surface area (Å²) in [4.78, 5) is 11.7. The van der Waals surface area contributed by atoms with E-state index in [1.54, 1.807) is 13.2 Å². The Morgan fingerprint density at radius 1 is 1.69 bits per heavy atom. The SMILES string of the molecule is COC(C)Cn1nc2c(cc1=O)NCCC2. The predicted molar refractivity (Wildman–Crippen MR) is 61.8 cm³/mol. The summed E-state index contributed by atoms with van der Waals surface area (Å²) in [5, 5.41) is 7.55. The van der Waals surface area contributed by atoms with Gasteiger partial charge in [0.15, 0.2) is 0 Å². The molecular formula is C11H17N3O2. The minimum absolute atomic E-state index is 0.000185. The van der Waals surface area contributed by atoms with Crippen LogP contribution >= 0.6 is 0 Å². The van der Waals surface area contributed by atoms with Gasteiger partial charge < -0.3 is 10.1 Å². The first-order valence-electron chi connectivity index (χ1n) is 5.58. The second-order valence-electron chi connectivity index (χ2n) is 4.10. The van der Waals surface area contributed by atoms with Gasteiger partial charge in [-0.1, -0.05) is 0 Å². The van der Waals surface area contributed by atoms with E-state index in [1.165, 1.54) is 4.68 Å². The van der Waals surface area contributed by atoms with E-state index in [-0.39, 0.29) is 11.7 Å². The summed E-state index contributed by atoms with van der Waals surface area (Å²) in [5.74, 6) is 0. The molecule has 0 bridgehead atoms. The summed E-state index contributed by atoms with van der Waals surface area (Å²) in [6.07, 6.45) is 2.00. The highest BCUT2D eigenvalue weighted by molar-refractivity contribution is 5.48. The van der Waals surface area contributed by atoms with Crippen LogP contribution in [0.15, 0.2) is 10.9 Å². The lowest BCUT2D eigenvalue weighted by Crippen LogP contribution is -2.30. The lowest BCUT2D eigenvalue weighted by Gasteiger charge is -2.18. The van der Waals surface area contributed by atoms with Crippen molar-refractivity contribution in [3.05, 3.63) is 22.1 Å². The third kappa shape index (κ3) is 2.24. The molecule has 5 nitrogen and oxygen atoms in total. The van der Waals surface area contributed by atoms with Crippen LogP contribution in [-0.2, 0) is 17.7 Å². The lowest BCUT2D eigenvalue weighted by molar-refractivity contribution is 0.0982. The number of ether oxygens (including phenoxy) is 1. The van der Waals surface area contributed by atoms with Crippen LogP contribution < -0.4 is 10.9 Å². The summed E-state index contributed by atoms with van der Waals surface area (Å²) in [5.41, 5.74) is 1.80. The van der Waals surface area contributed by atoms with Gasteiger partial charge >= 0.3 is 0 Å². The van der Waals surface area contributed by atoms with Crippen molar-refractivity contribution in [1.29, 1.82) is 0 Å². The number of anilines is 1. The first-order chi connectivity index (χ1) is 7.70. The Morgan fingerprint density at radius 2 is 2.50 bits per heavy atom. The molecule has 0 saturated heterocycles. The summed E-state index contributed by atoms with van der Waals surface area (Å²) >= 11 is 0. The molecule has 16 heavy (non-hydrogen) atoms. The molecule has 2 rings (SSSR count). The van der Waals surface area contributed by atoms with Crippen molar-refractivity contribution < 1.29 is 4.74 Å². The van der Waals surface area contributed by atoms with Gasteiger partial charge in [0.2, 0.25) is 0 Å². The molecule has 1 aliphatic rings. The van der Waals surface area contributed by atoms with Gasteiger partial charge in [0.1, 0.15) is 0 Å². The second kappa shape index (κ2) is 4.65. The number of methoxy groups -OCH3 is 1. The van der Waals surface area contributed by atoms with Crippen LogP contribution in [0.3, 0.4) is 0 Å². The fraction of sp³-hybridized carbons (Fsp3) is 0.636. The van der Waals surface area contributed by atoms with Crippen molar-refractivity contribution in [2.24, 2.45) is 0 Å². The average molecular weight is 223 g/mol. The number of rotatable bonds is 3. The van der Waals surface area contributed by atoms with Crippen molar-refractivity contribution in [3.8, 4) is 0 Å². The van der Waals surface area contributed by atoms with E-state index in [1.807, 2.05) is 6.92 Å². The van der Waals surface area contributed by atoms with Gasteiger partial charge in [-0.05, 0) is 19.8 Å². The van der Waals surface area contributed by atoms with Crippen molar-refractivity contribution >= 4 is 5.69 Å². The standard InChI is InChI=1S/C11H17N3O2/c1-8(16-2)7-14-11(15)6-10-9(13-14)4-3-5-12-10/h6,8,12H,3-5,7H2,1-2H3. The quantitative estimate of drug-likeness (QED) is 0.817. The monoisotopic (exact) mass is 223 g/mol. The summed E-state index contributed by atoms with van der Waals surface area (Å²) in [6.45, 7) is 3.35. The minimum Gasteiger partial charge on any atom is -0.383 e. The Morgan fingerprint density at radius 3 is 3.25 bits per heavy atom. The highest BCUT2D eigenvalue weighted by Crippen LogP contribution is 2.16. The molecule has 88 valence electrons. The first kappa shape index (κ1) is 11.1. The number of aromatic nitrogens is 2. The third-order valence-electron chi connectivity index (χ3n) is 2.81. The topological polar surface area (TPSA) is 56.2 Å². The Bertz CT molecular complexity index is 428. The number of nitrogens with zero attached hydrogens (tertiary/aromatic N) is 2. The van der Waals surface area contributed by atoms with Crippen molar-refractivity contribution in [1.82, 2.24) is 9.78 Å². The van der Waals surface area contributed by atoms with Gasteiger partial charge in [0.05, 0.1) is 24.0 Å². The molecule has 1 unspecified atom stereocenters. The van der Waals surface area contributed by atoms with E-state index in [9.17, 15) is 4.79 Å². The fourth-order valence-corrected chi connectivity index (χ4v) is 1.80. The van der Waals surface area contributed by atoms with Crippen molar-refractivity contribution in [3.63, 3.8) is 0 Å². The van der Waals surface area contributed by atoms with Crippen LogP contribution in [0.25, 0.3) is 0 Å². The third-order valence-corrected chi connectivity index (χ3v) is 2.81. The van der Waals surface area contributed by atoms with Crippen LogP contribution in [0, 0.1) is 0 Å². The number of hydrogen-bond donors (Lipinski definition) is 1. The maximum Gasteiger partial charge on any atom is 0.268 e. The molecule has 1 N–H and O–H groups in total. The molecule has 1 aromatic heterocycles. The summed E-state index contributed by atoms with van der Waals surface area (Å²) < 4.78 is 6.62. The largest absolute Gasteiger partial charge is 0.383 e. The number of nitrogens with one attached hydrogen (secondary N) is 1. The van der Waals surface area contributed by atoms with E-state index < -0.39 is 0 Å². The van der Waals surface area contributed by atoms with Crippen LogP contribution in [0.4, 0.5) is 5.69 Å². The second-order valence-corrected chi connectivity index (χ2v) is 4.10. The van der Waals surface area contributed by atoms with Crippen LogP contribution in [0.1, 0.15) is 19.0 Å². The molecule has 2 heterocycles. The highest BCUT2D eigenvalue weighted by Gasteiger charge is 2.13. The molecule has 0 radical (unpaired) electrons. The molecular weight excluding hydrogens is 206 g/mol. The smallest absolute Gasteiger partial charge is 0.268 e. The molecule has 1 atom stereocenters. The molecule has 0 amide bonds. The predicted octanol–water partition coefficient (Wildman–Crippen LogP) is 0.636. The van der Waals surface area contributed by atoms with E-state index in [4.69, 9.17) is 4.74 Å². The van der Waals surface area contributed by atoms with E-state index in [0.29, 0.717) is 6.54 Å². The van der Waals surface area contributed by atoms with Crippen molar-refractivity contribution in [2.75, 3.05) is 19.0 Å². The molecule has 0 aromatic carbocycles. The zero-order valence-corrected chi connectivity index (χ0v) is 9.69. The van der Waals surface area contributed by atoms with Crippen LogP contribution in [0.5, 0.6) is 0 Å². The Balaban J connectivity index is 2.29. The maximum absolute atomic E-state index is 11.7. The molecule has 1 aliphatic heterocycles. The Labute approximate surface area is 94.4 Å². The zero-order chi connectivity index (χ0) is 11.5. The fourth-order valence-electron chi connectivity index (χ4n) is 1.80. The molecule has 0 spiro atoms. The maximum atomic E-state index is 11.7. The molecule has 0 fully saturated rings. The first-order valence-corrected chi connectivity index (χ1v) is 5.58. The highest BCUT2D eigenvalue weighted by atomic mass is 16.5. The number of hydrogen-bond acceptors (Lipinski definition) is 4. The Kier molecular flexibility index (Phi) is 3.24. The summed E-state index contributed by atoms with van der Waals surface area (Å²) in [6, 6.07) is 1.63. The summed E-state index contributed by atoms with van der Waals surface area (Å²) in [7, 11) is 1.63. The number of fused-ring (bicyclic) bond motifs is 1. The lowest BCUT2D eigenvalue weighted by atomic mass is 10.1. The van der Waals surface area contributed by atoms with Gasteiger partial charge in [-0.3, -0.25) is 4.79 Å². The molecule has 1 aromatic rings. The average Bonchev–Trinajstić information content (AvgIpc) is 2.30. The van der Waals surface area contributed by atoms with Gasteiger partial charge in [-0.2, -0.15) is 5.10 Å². The van der Waals surface area contributed by atoms with Crippen molar-refractivity contribution in [2.45, 2.75) is 32.4 Å². The molecule has 0 aliphatic carbocycles. The zero-order valence-electron chi connectivity index (χ0n) is 9.69. The van der Waals surface area contributed by atoms with Gasteiger partial charge in [-0.25, -0.2) is 4.68 Å². The van der Waals surface area contributed by atoms with Gasteiger partial charge in [-0.15, -0.1) is 0 Å². The van der Waals surface area contributed by atoms with Gasteiger partial charge in [0.25, 0.3) is 5.56 Å². The molecule has 0 saturated carbocycles.